The number of hydrogen-bond donors (Lipinski definition) is 4. The van der Waals surface area contributed by atoms with E-state index in [1.165, 1.54) is 128 Å². The number of ether oxygens (including phenoxy) is 4. The van der Waals surface area contributed by atoms with Crippen molar-refractivity contribution >= 4 is 11.9 Å². The second-order valence-corrected chi connectivity index (χ2v) is 15.2. The van der Waals surface area contributed by atoms with Gasteiger partial charge < -0.3 is 39.4 Å². The summed E-state index contributed by atoms with van der Waals surface area (Å²) in [5, 5.41) is 40.0. The molecule has 0 amide bonds. The van der Waals surface area contributed by atoms with E-state index >= 15 is 0 Å². The maximum absolute atomic E-state index is 12.7. The minimum absolute atomic E-state index is 0.210. The molecule has 1 aliphatic heterocycles. The summed E-state index contributed by atoms with van der Waals surface area (Å²) in [7, 11) is 0. The van der Waals surface area contributed by atoms with Crippen LogP contribution < -0.4 is 0 Å². The molecule has 0 aliphatic carbocycles. The summed E-state index contributed by atoms with van der Waals surface area (Å²) in [5.74, 6) is -0.797. The van der Waals surface area contributed by atoms with Crippen LogP contribution in [0.3, 0.4) is 0 Å². The number of carbonyl (C=O) groups is 2. The number of esters is 2. The summed E-state index contributed by atoms with van der Waals surface area (Å²) in [5.41, 5.74) is 0. The van der Waals surface area contributed by atoms with Crippen LogP contribution in [0.4, 0.5) is 0 Å². The molecule has 1 fully saturated rings. The molecule has 0 aromatic heterocycles. The topological polar surface area (TPSA) is 152 Å². The van der Waals surface area contributed by atoms with Crippen LogP contribution in [0, 0.1) is 0 Å². The number of unbranched alkanes of at least 4 members (excludes halogenated alkanes) is 25. The molecule has 1 heterocycles. The number of rotatable bonds is 36. The van der Waals surface area contributed by atoms with Crippen molar-refractivity contribution < 1.29 is 49.0 Å². The fourth-order valence-corrected chi connectivity index (χ4v) is 6.78. The summed E-state index contributed by atoms with van der Waals surface area (Å²) in [6, 6.07) is 0. The summed E-state index contributed by atoms with van der Waals surface area (Å²) >= 11 is 0. The predicted molar refractivity (Wildman–Crippen MR) is 206 cm³/mol. The van der Waals surface area contributed by atoms with E-state index < -0.39 is 49.4 Å². The van der Waals surface area contributed by atoms with Gasteiger partial charge in [0.05, 0.1) is 13.2 Å². The first-order valence-corrected chi connectivity index (χ1v) is 21.6. The molecule has 0 aromatic rings. The van der Waals surface area contributed by atoms with Crippen molar-refractivity contribution in [1.29, 1.82) is 0 Å². The first kappa shape index (κ1) is 48.7. The molecular formula is C42H80O10. The lowest BCUT2D eigenvalue weighted by Crippen LogP contribution is -2.59. The Hall–Kier alpha value is -1.30. The van der Waals surface area contributed by atoms with Crippen LogP contribution in [0.25, 0.3) is 0 Å². The number of aliphatic hydroxyl groups excluding tert-OH is 4. The Labute approximate surface area is 317 Å². The maximum Gasteiger partial charge on any atom is 0.306 e. The van der Waals surface area contributed by atoms with E-state index in [1.54, 1.807) is 0 Å². The lowest BCUT2D eigenvalue weighted by Gasteiger charge is -2.39. The molecule has 4 N–H and O–H groups in total. The Balaban J connectivity index is 2.29. The predicted octanol–water partition coefficient (Wildman–Crippen LogP) is 8.61. The molecule has 1 saturated heterocycles. The molecule has 0 bridgehead atoms. The van der Waals surface area contributed by atoms with Crippen LogP contribution in [-0.2, 0) is 28.5 Å². The first-order valence-electron chi connectivity index (χ1n) is 21.6. The largest absolute Gasteiger partial charge is 0.462 e. The summed E-state index contributed by atoms with van der Waals surface area (Å²) < 4.78 is 22.1. The van der Waals surface area contributed by atoms with Gasteiger partial charge in [-0.15, -0.1) is 0 Å². The fourth-order valence-electron chi connectivity index (χ4n) is 6.78. The average Bonchev–Trinajstić information content (AvgIpc) is 3.14. The van der Waals surface area contributed by atoms with Gasteiger partial charge in [0, 0.05) is 12.8 Å². The van der Waals surface area contributed by atoms with Crippen LogP contribution in [0.5, 0.6) is 0 Å². The third kappa shape index (κ3) is 25.7. The zero-order valence-electron chi connectivity index (χ0n) is 33.3. The smallest absolute Gasteiger partial charge is 0.306 e. The van der Waals surface area contributed by atoms with Crippen LogP contribution >= 0.6 is 0 Å². The van der Waals surface area contributed by atoms with Crippen molar-refractivity contribution in [3.63, 3.8) is 0 Å². The normalized spacial score (nSPS) is 20.9. The third-order valence-corrected chi connectivity index (χ3v) is 10.2. The quantitative estimate of drug-likeness (QED) is 0.0363. The van der Waals surface area contributed by atoms with E-state index in [1.807, 2.05) is 0 Å². The first-order chi connectivity index (χ1) is 25.3. The molecule has 1 rings (SSSR count). The minimum Gasteiger partial charge on any atom is -0.462 e. The van der Waals surface area contributed by atoms with Crippen molar-refractivity contribution in [2.45, 2.75) is 237 Å². The molecule has 0 radical (unpaired) electrons. The molecule has 0 saturated carbocycles. The van der Waals surface area contributed by atoms with E-state index in [0.29, 0.717) is 6.42 Å². The number of aliphatic hydroxyl groups is 4. The van der Waals surface area contributed by atoms with Crippen molar-refractivity contribution in [1.82, 2.24) is 0 Å². The zero-order chi connectivity index (χ0) is 38.1. The van der Waals surface area contributed by atoms with E-state index in [2.05, 4.69) is 13.8 Å². The van der Waals surface area contributed by atoms with E-state index in [4.69, 9.17) is 18.9 Å². The number of carbonyl (C=O) groups excluding carboxylic acids is 2. The molecule has 52 heavy (non-hydrogen) atoms. The van der Waals surface area contributed by atoms with Gasteiger partial charge in [-0.25, -0.2) is 0 Å². The van der Waals surface area contributed by atoms with E-state index in [0.717, 1.165) is 38.5 Å². The third-order valence-electron chi connectivity index (χ3n) is 10.2. The maximum atomic E-state index is 12.7. The Morgan fingerprint density at radius 3 is 1.31 bits per heavy atom. The molecular weight excluding hydrogens is 664 g/mol. The Morgan fingerprint density at radius 2 is 0.904 bits per heavy atom. The highest BCUT2D eigenvalue weighted by molar-refractivity contribution is 5.70. The monoisotopic (exact) mass is 745 g/mol. The Morgan fingerprint density at radius 1 is 0.519 bits per heavy atom. The standard InChI is InChI=1S/C42H80O10/c1-3-5-7-9-11-13-14-15-16-17-18-19-20-21-23-25-27-29-31-38(45)51-35(34-50-42-41(48)40(47)39(46)36(32-43)52-42)33-49-37(44)30-28-26-24-22-12-10-8-6-4-2/h35-36,39-43,46-48H,3-34H2,1-2H3/t35-,36-,39+,40?,41?,42-/m1/s1. The van der Waals surface area contributed by atoms with Crippen molar-refractivity contribution in [3.05, 3.63) is 0 Å². The summed E-state index contributed by atoms with van der Waals surface area (Å²) in [6.07, 6.45) is 25.5. The van der Waals surface area contributed by atoms with Gasteiger partial charge in [0.25, 0.3) is 0 Å². The fraction of sp³-hybridized carbons (Fsp3) is 0.952. The van der Waals surface area contributed by atoms with Gasteiger partial charge in [-0.3, -0.25) is 9.59 Å². The van der Waals surface area contributed by atoms with Gasteiger partial charge in [-0.1, -0.05) is 174 Å². The van der Waals surface area contributed by atoms with Gasteiger partial charge in [0.1, 0.15) is 31.0 Å². The highest BCUT2D eigenvalue weighted by Gasteiger charge is 2.44. The molecule has 10 nitrogen and oxygen atoms in total. The summed E-state index contributed by atoms with van der Waals surface area (Å²) in [4.78, 5) is 25.2. The van der Waals surface area contributed by atoms with E-state index in [9.17, 15) is 30.0 Å². The Bertz CT molecular complexity index is 825. The molecule has 308 valence electrons. The molecule has 1 aliphatic rings. The van der Waals surface area contributed by atoms with Gasteiger partial charge in [-0.2, -0.15) is 0 Å². The lowest BCUT2D eigenvalue weighted by atomic mass is 9.99. The molecule has 6 atom stereocenters. The van der Waals surface area contributed by atoms with Gasteiger partial charge in [0.15, 0.2) is 12.4 Å². The number of hydrogen-bond acceptors (Lipinski definition) is 10. The SMILES string of the molecule is CCCCCCCCCCCCCCCCCCCCC(=O)O[C@H](COC(=O)CCCCCCCCCCC)CO[C@@H]1O[C@H](CO)[C@H](O)C(O)C1O. The Kier molecular flexibility index (Phi) is 32.1. The lowest BCUT2D eigenvalue weighted by molar-refractivity contribution is -0.305. The van der Waals surface area contributed by atoms with Gasteiger partial charge in [-0.05, 0) is 12.8 Å². The molecule has 0 aromatic carbocycles. The van der Waals surface area contributed by atoms with Crippen molar-refractivity contribution in [3.8, 4) is 0 Å². The van der Waals surface area contributed by atoms with Crippen molar-refractivity contribution in [2.75, 3.05) is 19.8 Å². The molecule has 2 unspecified atom stereocenters. The van der Waals surface area contributed by atoms with Crippen LogP contribution in [-0.4, -0.2) is 89.0 Å². The van der Waals surface area contributed by atoms with Crippen LogP contribution in [0.2, 0.25) is 0 Å². The summed E-state index contributed by atoms with van der Waals surface area (Å²) in [6.45, 7) is 3.42. The van der Waals surface area contributed by atoms with Gasteiger partial charge >= 0.3 is 11.9 Å². The highest BCUT2D eigenvalue weighted by atomic mass is 16.7. The molecule has 10 heteroatoms. The van der Waals surface area contributed by atoms with Crippen LogP contribution in [0.15, 0.2) is 0 Å². The molecule has 0 spiro atoms. The second-order valence-electron chi connectivity index (χ2n) is 15.2. The van der Waals surface area contributed by atoms with E-state index in [-0.39, 0.29) is 32.0 Å². The second kappa shape index (κ2) is 34.2. The van der Waals surface area contributed by atoms with Gasteiger partial charge in [0.2, 0.25) is 0 Å². The van der Waals surface area contributed by atoms with Crippen LogP contribution in [0.1, 0.15) is 200 Å². The average molecular weight is 745 g/mol. The zero-order valence-corrected chi connectivity index (χ0v) is 33.3. The minimum atomic E-state index is -1.59. The van der Waals surface area contributed by atoms with Crippen molar-refractivity contribution in [2.24, 2.45) is 0 Å². The highest BCUT2D eigenvalue weighted by Crippen LogP contribution is 2.23.